The highest BCUT2D eigenvalue weighted by molar-refractivity contribution is 4.84. The van der Waals surface area contributed by atoms with Crippen molar-refractivity contribution in [2.75, 3.05) is 26.3 Å². The van der Waals surface area contributed by atoms with Crippen molar-refractivity contribution in [1.82, 2.24) is 5.32 Å². The molecule has 1 aliphatic heterocycles. The molecule has 1 saturated heterocycles. The van der Waals surface area contributed by atoms with E-state index in [4.69, 9.17) is 4.74 Å². The van der Waals surface area contributed by atoms with Gasteiger partial charge in [0.2, 0.25) is 0 Å². The summed E-state index contributed by atoms with van der Waals surface area (Å²) in [5.41, 5.74) is 0. The zero-order valence-electron chi connectivity index (χ0n) is 8.27. The fourth-order valence-electron chi connectivity index (χ4n) is 1.75. The molecule has 1 saturated carbocycles. The summed E-state index contributed by atoms with van der Waals surface area (Å²) in [6.07, 6.45) is 2.95. The average molecular weight is 205 g/mol. The third kappa shape index (κ3) is 2.64. The Bertz CT molecular complexity index is 195. The number of nitrogens with one attached hydrogen (secondary N) is 1. The van der Waals surface area contributed by atoms with Gasteiger partial charge in [-0.25, -0.2) is 8.78 Å². The van der Waals surface area contributed by atoms with Crippen LogP contribution in [0.3, 0.4) is 0 Å². The first-order valence-electron chi connectivity index (χ1n) is 5.35. The molecule has 1 unspecified atom stereocenters. The van der Waals surface area contributed by atoms with Crippen LogP contribution in [-0.4, -0.2) is 32.2 Å². The summed E-state index contributed by atoms with van der Waals surface area (Å²) in [5.74, 6) is -2.50. The standard InChI is InChI=1S/C10H17F2NO/c11-10(12)7-13-4-3-9(10)6-14-5-8-1-2-8/h8-9,13H,1-7H2. The van der Waals surface area contributed by atoms with Crippen molar-refractivity contribution in [2.24, 2.45) is 11.8 Å². The lowest BCUT2D eigenvalue weighted by Crippen LogP contribution is -2.47. The smallest absolute Gasteiger partial charge is 0.265 e. The SMILES string of the molecule is FC1(F)CNCCC1COCC1CC1. The number of rotatable bonds is 4. The van der Waals surface area contributed by atoms with E-state index in [0.29, 0.717) is 25.5 Å². The lowest BCUT2D eigenvalue weighted by Gasteiger charge is -2.31. The number of hydrogen-bond donors (Lipinski definition) is 1. The van der Waals surface area contributed by atoms with Crippen molar-refractivity contribution in [1.29, 1.82) is 0 Å². The largest absolute Gasteiger partial charge is 0.381 e. The molecule has 1 heterocycles. The molecule has 0 bridgehead atoms. The van der Waals surface area contributed by atoms with Gasteiger partial charge in [0.1, 0.15) is 0 Å². The van der Waals surface area contributed by atoms with Gasteiger partial charge in [0, 0.05) is 12.5 Å². The van der Waals surface area contributed by atoms with E-state index in [-0.39, 0.29) is 13.2 Å². The molecule has 1 N–H and O–H groups in total. The van der Waals surface area contributed by atoms with Gasteiger partial charge in [-0.1, -0.05) is 0 Å². The number of halogens is 2. The van der Waals surface area contributed by atoms with Crippen LogP contribution in [-0.2, 0) is 4.74 Å². The van der Waals surface area contributed by atoms with E-state index < -0.39 is 11.8 Å². The summed E-state index contributed by atoms with van der Waals surface area (Å²) < 4.78 is 31.9. The molecule has 2 nitrogen and oxygen atoms in total. The van der Waals surface area contributed by atoms with E-state index in [1.165, 1.54) is 12.8 Å². The molecular weight excluding hydrogens is 188 g/mol. The third-order valence-electron chi connectivity index (χ3n) is 3.00. The predicted molar refractivity (Wildman–Crippen MR) is 49.5 cm³/mol. The van der Waals surface area contributed by atoms with Crippen LogP contribution in [0.4, 0.5) is 8.78 Å². The zero-order chi connectivity index (χ0) is 10.0. The predicted octanol–water partition coefficient (Wildman–Crippen LogP) is 1.66. The molecule has 14 heavy (non-hydrogen) atoms. The molecule has 0 amide bonds. The monoisotopic (exact) mass is 205 g/mol. The van der Waals surface area contributed by atoms with E-state index in [9.17, 15) is 8.78 Å². The Hall–Kier alpha value is -0.220. The number of piperidine rings is 1. The molecule has 1 aliphatic carbocycles. The van der Waals surface area contributed by atoms with Crippen molar-refractivity contribution in [3.8, 4) is 0 Å². The Morgan fingerprint density at radius 3 is 2.64 bits per heavy atom. The summed E-state index contributed by atoms with van der Waals surface area (Å²) in [6, 6.07) is 0. The molecule has 2 fully saturated rings. The van der Waals surface area contributed by atoms with Crippen molar-refractivity contribution in [3.05, 3.63) is 0 Å². The van der Waals surface area contributed by atoms with Gasteiger partial charge >= 0.3 is 0 Å². The van der Waals surface area contributed by atoms with Crippen LogP contribution in [0.25, 0.3) is 0 Å². The van der Waals surface area contributed by atoms with Crippen LogP contribution >= 0.6 is 0 Å². The molecule has 0 aromatic rings. The van der Waals surface area contributed by atoms with Crippen LogP contribution in [0.1, 0.15) is 19.3 Å². The van der Waals surface area contributed by atoms with Crippen molar-refractivity contribution >= 4 is 0 Å². The second-order valence-corrected chi connectivity index (χ2v) is 4.40. The second-order valence-electron chi connectivity index (χ2n) is 4.40. The van der Waals surface area contributed by atoms with E-state index in [2.05, 4.69) is 5.32 Å². The van der Waals surface area contributed by atoms with Gasteiger partial charge in [-0.15, -0.1) is 0 Å². The Balaban J connectivity index is 1.70. The summed E-state index contributed by atoms with van der Waals surface area (Å²) in [4.78, 5) is 0. The van der Waals surface area contributed by atoms with Gasteiger partial charge in [-0.05, 0) is 31.7 Å². The average Bonchev–Trinajstić information content (AvgIpc) is 2.91. The van der Waals surface area contributed by atoms with Gasteiger partial charge < -0.3 is 10.1 Å². The third-order valence-corrected chi connectivity index (χ3v) is 3.00. The highest BCUT2D eigenvalue weighted by Crippen LogP contribution is 2.32. The fourth-order valence-corrected chi connectivity index (χ4v) is 1.75. The number of alkyl halides is 2. The molecule has 0 aromatic carbocycles. The van der Waals surface area contributed by atoms with E-state index in [1.807, 2.05) is 0 Å². The van der Waals surface area contributed by atoms with Gasteiger partial charge in [0.05, 0.1) is 13.2 Å². The highest BCUT2D eigenvalue weighted by atomic mass is 19.3. The zero-order valence-corrected chi connectivity index (χ0v) is 8.27. The number of hydrogen-bond acceptors (Lipinski definition) is 2. The molecule has 2 aliphatic rings. The Kier molecular flexibility index (Phi) is 3.02. The maximum absolute atomic E-state index is 13.3. The lowest BCUT2D eigenvalue weighted by atomic mass is 9.95. The van der Waals surface area contributed by atoms with E-state index >= 15 is 0 Å². The topological polar surface area (TPSA) is 21.3 Å². The normalized spacial score (nSPS) is 31.7. The minimum absolute atomic E-state index is 0.190. The summed E-state index contributed by atoms with van der Waals surface area (Å²) in [6.45, 7) is 1.41. The Labute approximate surface area is 83.0 Å². The first-order valence-corrected chi connectivity index (χ1v) is 5.35. The molecule has 2 rings (SSSR count). The number of ether oxygens (including phenoxy) is 1. The van der Waals surface area contributed by atoms with Crippen molar-refractivity contribution in [3.63, 3.8) is 0 Å². The van der Waals surface area contributed by atoms with Crippen LogP contribution < -0.4 is 5.32 Å². The molecular formula is C10H17F2NO. The molecule has 0 spiro atoms. The van der Waals surface area contributed by atoms with E-state index in [1.54, 1.807) is 0 Å². The van der Waals surface area contributed by atoms with Gasteiger partial charge in [-0.3, -0.25) is 0 Å². The molecule has 0 radical (unpaired) electrons. The van der Waals surface area contributed by atoms with Gasteiger partial charge in [0.25, 0.3) is 5.92 Å². The van der Waals surface area contributed by atoms with Crippen LogP contribution in [0.2, 0.25) is 0 Å². The van der Waals surface area contributed by atoms with Crippen molar-refractivity contribution in [2.45, 2.75) is 25.2 Å². The van der Waals surface area contributed by atoms with Crippen molar-refractivity contribution < 1.29 is 13.5 Å². The van der Waals surface area contributed by atoms with E-state index in [0.717, 1.165) is 0 Å². The minimum atomic E-state index is -2.58. The summed E-state index contributed by atoms with van der Waals surface area (Å²) >= 11 is 0. The maximum Gasteiger partial charge on any atom is 0.265 e. The van der Waals surface area contributed by atoms with Crippen LogP contribution in [0, 0.1) is 11.8 Å². The lowest BCUT2D eigenvalue weighted by molar-refractivity contribution is -0.101. The van der Waals surface area contributed by atoms with Crippen LogP contribution in [0.5, 0.6) is 0 Å². The maximum atomic E-state index is 13.3. The first kappa shape index (κ1) is 10.3. The van der Waals surface area contributed by atoms with Crippen LogP contribution in [0.15, 0.2) is 0 Å². The fraction of sp³-hybridized carbons (Fsp3) is 1.00. The molecule has 4 heteroatoms. The Morgan fingerprint density at radius 1 is 1.21 bits per heavy atom. The van der Waals surface area contributed by atoms with Gasteiger partial charge in [0.15, 0.2) is 0 Å². The highest BCUT2D eigenvalue weighted by Gasteiger charge is 2.41. The summed E-state index contributed by atoms with van der Waals surface area (Å²) in [5, 5.41) is 2.71. The second kappa shape index (κ2) is 4.11. The van der Waals surface area contributed by atoms with Gasteiger partial charge in [-0.2, -0.15) is 0 Å². The summed E-state index contributed by atoms with van der Waals surface area (Å²) in [7, 11) is 0. The quantitative estimate of drug-likeness (QED) is 0.753. The minimum Gasteiger partial charge on any atom is -0.381 e. The molecule has 82 valence electrons. The molecule has 1 atom stereocenters. The molecule has 0 aromatic heterocycles. The first-order chi connectivity index (χ1) is 6.68. The Morgan fingerprint density at radius 2 is 2.00 bits per heavy atom.